The lowest BCUT2D eigenvalue weighted by molar-refractivity contribution is -0.129. The smallest absolute Gasteiger partial charge is 0.336 e. The number of carbonyl (C=O) groups is 2. The average molecular weight is 989 g/mol. The highest BCUT2D eigenvalue weighted by Crippen LogP contribution is 2.40. The predicted octanol–water partition coefficient (Wildman–Crippen LogP) is 9.25. The van der Waals surface area contributed by atoms with Crippen molar-refractivity contribution in [2.24, 2.45) is 0 Å². The van der Waals surface area contributed by atoms with Gasteiger partial charge in [-0.15, -0.1) is 0 Å². The second-order valence-corrected chi connectivity index (χ2v) is 19.5. The summed E-state index contributed by atoms with van der Waals surface area (Å²) in [6.07, 6.45) is 18.6. The number of fused-ring (bicyclic) bond motifs is 1. The van der Waals surface area contributed by atoms with Crippen LogP contribution in [0, 0.1) is 0 Å². The van der Waals surface area contributed by atoms with Crippen molar-refractivity contribution in [1.29, 1.82) is 0 Å². The summed E-state index contributed by atoms with van der Waals surface area (Å²) in [7, 11) is 0. The quantitative estimate of drug-likeness (QED) is 0.0146. The summed E-state index contributed by atoms with van der Waals surface area (Å²) in [6, 6.07) is 19.0. The van der Waals surface area contributed by atoms with Crippen LogP contribution in [0.4, 0.5) is 0 Å². The zero-order valence-corrected chi connectivity index (χ0v) is 41.4. The van der Waals surface area contributed by atoms with E-state index in [2.05, 4.69) is 25.1 Å². The van der Waals surface area contributed by atoms with Crippen LogP contribution < -0.4 is 18.9 Å². The van der Waals surface area contributed by atoms with E-state index in [9.17, 15) is 9.59 Å². The summed E-state index contributed by atoms with van der Waals surface area (Å²) in [6.45, 7) is 8.30. The first-order valence-corrected chi connectivity index (χ1v) is 26.3. The van der Waals surface area contributed by atoms with Crippen molar-refractivity contribution in [3.63, 3.8) is 0 Å². The lowest BCUT2D eigenvalue weighted by Crippen LogP contribution is -2.24. The molecule has 0 spiro atoms. The molecule has 6 fully saturated rings. The van der Waals surface area contributed by atoms with Gasteiger partial charge in [-0.25, -0.2) is 9.59 Å². The van der Waals surface area contributed by atoms with Crippen LogP contribution in [0.5, 0.6) is 23.0 Å². The molecule has 6 aliphatic rings. The molecule has 7 atom stereocenters. The lowest BCUT2D eigenvalue weighted by Gasteiger charge is -2.23. The number of ether oxygens (including phenoxy) is 12. The highest BCUT2D eigenvalue weighted by atomic mass is 16.8. The van der Waals surface area contributed by atoms with E-state index in [0.717, 1.165) is 114 Å². The number of carbonyl (C=O) groups excluding carboxylic acids is 2. The van der Waals surface area contributed by atoms with Crippen molar-refractivity contribution in [2.45, 2.75) is 133 Å². The van der Waals surface area contributed by atoms with E-state index >= 15 is 0 Å². The largest absolute Gasteiger partial charge is 0.489 e. The number of rotatable bonds is 33. The molecule has 0 saturated carbocycles. The Hall–Kier alpha value is -5.16. The van der Waals surface area contributed by atoms with Gasteiger partial charge < -0.3 is 56.8 Å². The second-order valence-electron chi connectivity index (χ2n) is 19.5. The summed E-state index contributed by atoms with van der Waals surface area (Å²) >= 11 is 0. The van der Waals surface area contributed by atoms with Gasteiger partial charge in [0, 0.05) is 54.5 Å². The van der Waals surface area contributed by atoms with Crippen LogP contribution in [0.1, 0.15) is 98.1 Å². The molecule has 6 aliphatic heterocycles. The Kier molecular flexibility index (Phi) is 17.3. The van der Waals surface area contributed by atoms with Crippen molar-refractivity contribution in [1.82, 2.24) is 0 Å². The van der Waals surface area contributed by atoms with E-state index in [4.69, 9.17) is 56.8 Å². The van der Waals surface area contributed by atoms with E-state index in [1.165, 1.54) is 28.8 Å². The molecule has 14 heteroatoms. The maximum absolute atomic E-state index is 13.7. The third-order valence-corrected chi connectivity index (χ3v) is 13.6. The first-order chi connectivity index (χ1) is 35.4. The molecule has 384 valence electrons. The molecule has 6 saturated heterocycles. The van der Waals surface area contributed by atoms with Crippen molar-refractivity contribution in [2.75, 3.05) is 59.5 Å². The van der Waals surface area contributed by atoms with Gasteiger partial charge in [0.25, 0.3) is 0 Å². The minimum absolute atomic E-state index is 0.00225. The van der Waals surface area contributed by atoms with E-state index < -0.39 is 11.9 Å². The third-order valence-electron chi connectivity index (χ3n) is 13.6. The van der Waals surface area contributed by atoms with Gasteiger partial charge in [-0.3, -0.25) is 0 Å². The molecule has 4 aromatic carbocycles. The molecule has 10 rings (SSSR count). The van der Waals surface area contributed by atoms with E-state index in [-0.39, 0.29) is 37.0 Å². The fourth-order valence-electron chi connectivity index (χ4n) is 9.19. The van der Waals surface area contributed by atoms with Gasteiger partial charge in [0.15, 0.2) is 24.1 Å². The van der Waals surface area contributed by atoms with Crippen molar-refractivity contribution in [3.8, 4) is 23.0 Å². The van der Waals surface area contributed by atoms with Gasteiger partial charge in [-0.2, -0.15) is 0 Å². The van der Waals surface area contributed by atoms with E-state index in [0.29, 0.717) is 85.1 Å². The second kappa shape index (κ2) is 24.7. The topological polar surface area (TPSA) is 165 Å². The molecule has 0 aliphatic carbocycles. The number of esters is 2. The third kappa shape index (κ3) is 15.2. The standard InChI is InChI=1S/C58H68O14/c1-2-11-51(52-35-67-52)72-58-40(21-20-39(12-3-6-27-61-55-36-68-55)57(58)63-29-7-4-13-42-32-64-42)24-26-54(60)71-50-18-10-15-46-47(50)16-9-17-49(46)70-53(59)25-23-38-19-22-41(30-43-33-65-43)48(31-44-34-66-44)45(38)14-5-8-28-62-56-37-69-56/h9-10,15-26,42-44,51-52,55-56H,2-8,11-14,27-37H2,1H3/b25-23+,26-24+. The Labute approximate surface area is 422 Å². The fraction of sp³-hybridized carbons (Fsp3) is 0.517. The molecule has 72 heavy (non-hydrogen) atoms. The van der Waals surface area contributed by atoms with Crippen molar-refractivity contribution in [3.05, 3.63) is 106 Å². The Balaban J connectivity index is 0.835. The Bertz CT molecular complexity index is 2530. The number of hydrogen-bond acceptors (Lipinski definition) is 14. The van der Waals surface area contributed by atoms with Crippen molar-refractivity contribution < 1.29 is 66.4 Å². The Morgan fingerprint density at radius 1 is 0.583 bits per heavy atom. The summed E-state index contributed by atoms with van der Waals surface area (Å²) in [5.41, 5.74) is 6.48. The number of epoxide rings is 6. The van der Waals surface area contributed by atoms with Gasteiger partial charge >= 0.3 is 11.9 Å². The molecule has 6 heterocycles. The Morgan fingerprint density at radius 3 is 1.78 bits per heavy atom. The summed E-state index contributed by atoms with van der Waals surface area (Å²) in [5.74, 6) is 0.873. The SMILES string of the molecule is CCCC(Oc1c(/C=C/C(=O)Oc2cccc3c(OC(=O)/C=C/c4ccc(CC5CO5)c(CC5CO5)c4CCCCOC4CO4)cccc23)ccc(CCCCOC2CO2)c1OCCCCC1CO1)C1CO1. The number of unbranched alkanes of at least 4 members (excludes halogenated alkanes) is 3. The summed E-state index contributed by atoms with van der Waals surface area (Å²) in [4.78, 5) is 27.4. The van der Waals surface area contributed by atoms with Crippen LogP contribution in [0.2, 0.25) is 0 Å². The van der Waals surface area contributed by atoms with E-state index in [1.54, 1.807) is 30.3 Å². The lowest BCUT2D eigenvalue weighted by atomic mass is 9.88. The summed E-state index contributed by atoms with van der Waals surface area (Å²) in [5, 5.41) is 1.25. The summed E-state index contributed by atoms with van der Waals surface area (Å²) < 4.78 is 69.8. The van der Waals surface area contributed by atoms with Gasteiger partial charge in [0.05, 0.1) is 51.3 Å². The molecule has 4 aromatic rings. The van der Waals surface area contributed by atoms with Gasteiger partial charge in [-0.05, 0) is 116 Å². The molecule has 0 radical (unpaired) electrons. The van der Waals surface area contributed by atoms with Crippen LogP contribution in [0.15, 0.2) is 72.8 Å². The van der Waals surface area contributed by atoms with Gasteiger partial charge in [0.2, 0.25) is 0 Å². The van der Waals surface area contributed by atoms with Gasteiger partial charge in [0.1, 0.15) is 36.9 Å². The van der Waals surface area contributed by atoms with Crippen LogP contribution in [-0.4, -0.2) is 115 Å². The zero-order valence-electron chi connectivity index (χ0n) is 41.4. The molecule has 7 unspecified atom stereocenters. The minimum Gasteiger partial charge on any atom is -0.489 e. The predicted molar refractivity (Wildman–Crippen MR) is 268 cm³/mol. The molecule has 0 amide bonds. The number of benzene rings is 4. The van der Waals surface area contributed by atoms with Crippen LogP contribution >= 0.6 is 0 Å². The van der Waals surface area contributed by atoms with Crippen LogP contribution in [0.25, 0.3) is 22.9 Å². The Morgan fingerprint density at radius 2 is 1.17 bits per heavy atom. The van der Waals surface area contributed by atoms with Crippen molar-refractivity contribution >= 4 is 34.9 Å². The maximum Gasteiger partial charge on any atom is 0.336 e. The van der Waals surface area contributed by atoms with Crippen LogP contribution in [0.3, 0.4) is 0 Å². The normalized spacial score (nSPS) is 22.8. The molecule has 0 bridgehead atoms. The highest BCUT2D eigenvalue weighted by molar-refractivity contribution is 5.99. The van der Waals surface area contributed by atoms with Gasteiger partial charge in [-0.1, -0.05) is 61.9 Å². The highest BCUT2D eigenvalue weighted by Gasteiger charge is 2.36. The maximum atomic E-state index is 13.7. The first-order valence-electron chi connectivity index (χ1n) is 26.3. The average Bonchev–Trinajstić information content (AvgIpc) is 4.16. The fourth-order valence-corrected chi connectivity index (χ4v) is 9.19. The molecule has 0 aromatic heterocycles. The zero-order chi connectivity index (χ0) is 49.1. The first kappa shape index (κ1) is 50.4. The monoisotopic (exact) mass is 988 g/mol. The molecule has 0 N–H and O–H groups in total. The number of hydrogen-bond donors (Lipinski definition) is 0. The number of aryl methyl sites for hydroxylation is 1. The molecular weight excluding hydrogens is 921 g/mol. The molecular formula is C58H68O14. The molecule has 14 nitrogen and oxygen atoms in total. The minimum atomic E-state index is -0.577. The van der Waals surface area contributed by atoms with E-state index in [1.807, 2.05) is 24.3 Å². The van der Waals surface area contributed by atoms with Crippen LogP contribution in [-0.2, 0) is 73.2 Å².